The lowest BCUT2D eigenvalue weighted by Gasteiger charge is -2.02. The molecule has 8 nitrogen and oxygen atoms in total. The molecule has 0 amide bonds. The van der Waals surface area contributed by atoms with Crippen molar-refractivity contribution in [1.29, 1.82) is 0 Å². The number of ether oxygens (including phenoxy) is 1. The van der Waals surface area contributed by atoms with Gasteiger partial charge < -0.3 is 4.74 Å². The number of hydrogen-bond acceptors (Lipinski definition) is 6. The highest BCUT2D eigenvalue weighted by molar-refractivity contribution is 6.18. The van der Waals surface area contributed by atoms with Crippen LogP contribution in [0.15, 0.2) is 18.2 Å². The van der Waals surface area contributed by atoms with E-state index in [1.165, 1.54) is 0 Å². The van der Waals surface area contributed by atoms with E-state index in [2.05, 4.69) is 4.74 Å². The maximum atomic E-state index is 11.4. The molecule has 0 fully saturated rings. The molecular formula is C9H7ClN2O6. The number of rotatable bonds is 5. The highest BCUT2D eigenvalue weighted by atomic mass is 35.5. The van der Waals surface area contributed by atoms with Crippen LogP contribution in [0.3, 0.4) is 0 Å². The van der Waals surface area contributed by atoms with Crippen LogP contribution in [0.2, 0.25) is 0 Å². The van der Waals surface area contributed by atoms with Crippen LogP contribution in [0.4, 0.5) is 11.4 Å². The van der Waals surface area contributed by atoms with Crippen LogP contribution in [0, 0.1) is 20.2 Å². The number of nitro benzene ring substituents is 2. The number of non-ortho nitro benzene ring substituents is 2. The van der Waals surface area contributed by atoms with Gasteiger partial charge in [-0.25, -0.2) is 4.79 Å². The number of hydrogen-bond donors (Lipinski definition) is 0. The zero-order chi connectivity index (χ0) is 13.7. The normalized spacial score (nSPS) is 9.83. The van der Waals surface area contributed by atoms with Crippen LogP contribution >= 0.6 is 11.6 Å². The molecule has 0 aliphatic carbocycles. The minimum atomic E-state index is -0.901. The summed E-state index contributed by atoms with van der Waals surface area (Å²) in [6, 6.07) is 2.57. The minimum absolute atomic E-state index is 0.0583. The van der Waals surface area contributed by atoms with Gasteiger partial charge in [-0.05, 0) is 0 Å². The lowest BCUT2D eigenvalue weighted by atomic mass is 10.2. The fourth-order valence-corrected chi connectivity index (χ4v) is 1.22. The Morgan fingerprint density at radius 3 is 2.06 bits per heavy atom. The standard InChI is InChI=1S/C9H7ClN2O6/c10-1-2-18-9(13)6-3-7(11(14)15)5-8(4-6)12(16)17/h3-5H,1-2H2. The molecule has 0 bridgehead atoms. The zero-order valence-corrected chi connectivity index (χ0v) is 9.62. The predicted molar refractivity (Wildman–Crippen MR) is 60.8 cm³/mol. The average Bonchev–Trinajstić information content (AvgIpc) is 2.35. The Bertz CT molecular complexity index is 472. The fraction of sp³-hybridized carbons (Fsp3) is 0.222. The van der Waals surface area contributed by atoms with Gasteiger partial charge in [-0.3, -0.25) is 20.2 Å². The molecule has 0 aliphatic rings. The Morgan fingerprint density at radius 1 is 1.17 bits per heavy atom. The van der Waals surface area contributed by atoms with Gasteiger partial charge in [0.15, 0.2) is 0 Å². The molecule has 0 aromatic heterocycles. The summed E-state index contributed by atoms with van der Waals surface area (Å²) in [5.41, 5.74) is -1.37. The Kier molecular flexibility index (Phi) is 4.55. The van der Waals surface area contributed by atoms with Crippen LogP contribution in [-0.4, -0.2) is 28.3 Å². The third-order valence-corrected chi connectivity index (χ3v) is 2.02. The monoisotopic (exact) mass is 274 g/mol. The molecule has 0 heterocycles. The fourth-order valence-electron chi connectivity index (χ4n) is 1.14. The summed E-state index contributed by atoms with van der Waals surface area (Å²) < 4.78 is 4.63. The number of carbonyl (C=O) groups is 1. The first-order valence-electron chi connectivity index (χ1n) is 4.62. The smallest absolute Gasteiger partial charge is 0.338 e. The first-order chi connectivity index (χ1) is 8.45. The molecule has 0 saturated heterocycles. The molecule has 1 rings (SSSR count). The summed E-state index contributed by atoms with van der Waals surface area (Å²) in [7, 11) is 0. The number of carbonyl (C=O) groups excluding carboxylic acids is 1. The number of halogens is 1. The molecule has 18 heavy (non-hydrogen) atoms. The van der Waals surface area contributed by atoms with E-state index in [-0.39, 0.29) is 18.1 Å². The van der Waals surface area contributed by atoms with Gasteiger partial charge in [0.25, 0.3) is 11.4 Å². The van der Waals surface area contributed by atoms with Gasteiger partial charge in [0, 0.05) is 12.1 Å². The van der Waals surface area contributed by atoms with Crippen molar-refractivity contribution >= 4 is 28.9 Å². The third-order valence-electron chi connectivity index (χ3n) is 1.87. The Morgan fingerprint density at radius 2 is 1.67 bits per heavy atom. The third kappa shape index (κ3) is 3.39. The van der Waals surface area contributed by atoms with Crippen molar-refractivity contribution in [1.82, 2.24) is 0 Å². The van der Waals surface area contributed by atoms with E-state index in [0.29, 0.717) is 0 Å². The van der Waals surface area contributed by atoms with Crippen molar-refractivity contribution in [2.75, 3.05) is 12.5 Å². The average molecular weight is 275 g/mol. The van der Waals surface area contributed by atoms with E-state index in [4.69, 9.17) is 11.6 Å². The predicted octanol–water partition coefficient (Wildman–Crippen LogP) is 1.90. The summed E-state index contributed by atoms with van der Waals surface area (Å²) in [4.78, 5) is 30.9. The molecule has 9 heteroatoms. The summed E-state index contributed by atoms with van der Waals surface area (Å²) in [5, 5.41) is 21.1. The van der Waals surface area contributed by atoms with Crippen molar-refractivity contribution in [2.24, 2.45) is 0 Å². The highest BCUT2D eigenvalue weighted by Crippen LogP contribution is 2.23. The van der Waals surface area contributed by atoms with E-state index >= 15 is 0 Å². The summed E-state index contributed by atoms with van der Waals surface area (Å²) in [6.07, 6.45) is 0. The van der Waals surface area contributed by atoms with Gasteiger partial charge in [0.05, 0.1) is 27.4 Å². The first-order valence-corrected chi connectivity index (χ1v) is 5.16. The van der Waals surface area contributed by atoms with Crippen molar-refractivity contribution in [2.45, 2.75) is 0 Å². The summed E-state index contributed by atoms with van der Waals surface area (Å²) >= 11 is 5.30. The number of alkyl halides is 1. The Balaban J connectivity index is 3.14. The number of benzene rings is 1. The second-order valence-corrected chi connectivity index (χ2v) is 3.46. The zero-order valence-electron chi connectivity index (χ0n) is 8.87. The number of nitrogens with zero attached hydrogens (tertiary/aromatic N) is 2. The van der Waals surface area contributed by atoms with Crippen LogP contribution in [0.5, 0.6) is 0 Å². The van der Waals surface area contributed by atoms with E-state index in [1.807, 2.05) is 0 Å². The van der Waals surface area contributed by atoms with Crippen LogP contribution < -0.4 is 0 Å². The minimum Gasteiger partial charge on any atom is -0.461 e. The SMILES string of the molecule is O=C(OCCCl)c1cc([N+](=O)[O-])cc([N+](=O)[O-])c1. The quantitative estimate of drug-likeness (QED) is 0.351. The van der Waals surface area contributed by atoms with Gasteiger partial charge in [0.2, 0.25) is 0 Å². The maximum absolute atomic E-state index is 11.4. The molecule has 96 valence electrons. The van der Waals surface area contributed by atoms with Crippen LogP contribution in [-0.2, 0) is 4.74 Å². The lowest BCUT2D eigenvalue weighted by Crippen LogP contribution is -2.08. The van der Waals surface area contributed by atoms with Crippen molar-refractivity contribution in [3.8, 4) is 0 Å². The second-order valence-electron chi connectivity index (χ2n) is 3.08. The van der Waals surface area contributed by atoms with Crippen LogP contribution in [0.1, 0.15) is 10.4 Å². The van der Waals surface area contributed by atoms with Crippen molar-refractivity contribution in [3.05, 3.63) is 44.0 Å². The van der Waals surface area contributed by atoms with Gasteiger partial charge in [-0.1, -0.05) is 0 Å². The molecule has 0 radical (unpaired) electrons. The molecule has 0 atom stereocenters. The van der Waals surface area contributed by atoms with Gasteiger partial charge in [-0.2, -0.15) is 0 Å². The number of nitro groups is 2. The van der Waals surface area contributed by atoms with E-state index < -0.39 is 27.2 Å². The Hall–Kier alpha value is -2.22. The van der Waals surface area contributed by atoms with Gasteiger partial charge >= 0.3 is 5.97 Å². The van der Waals surface area contributed by atoms with Crippen molar-refractivity contribution in [3.63, 3.8) is 0 Å². The largest absolute Gasteiger partial charge is 0.461 e. The Labute approximate surface area is 105 Å². The molecule has 0 N–H and O–H groups in total. The topological polar surface area (TPSA) is 113 Å². The maximum Gasteiger partial charge on any atom is 0.338 e. The highest BCUT2D eigenvalue weighted by Gasteiger charge is 2.20. The molecular weight excluding hydrogens is 268 g/mol. The van der Waals surface area contributed by atoms with Crippen molar-refractivity contribution < 1.29 is 19.4 Å². The number of esters is 1. The molecule has 0 saturated carbocycles. The lowest BCUT2D eigenvalue weighted by molar-refractivity contribution is -0.394. The second kappa shape index (κ2) is 5.92. The van der Waals surface area contributed by atoms with E-state index in [9.17, 15) is 25.0 Å². The molecule has 1 aromatic rings. The molecule has 0 unspecified atom stereocenters. The van der Waals surface area contributed by atoms with Crippen LogP contribution in [0.25, 0.3) is 0 Å². The first kappa shape index (κ1) is 13.8. The molecule has 0 spiro atoms. The van der Waals surface area contributed by atoms with Gasteiger partial charge in [0.1, 0.15) is 6.61 Å². The van der Waals surface area contributed by atoms with Gasteiger partial charge in [-0.15, -0.1) is 11.6 Å². The summed E-state index contributed by atoms with van der Waals surface area (Å²) in [5.74, 6) is -0.842. The summed E-state index contributed by atoms with van der Waals surface area (Å²) in [6.45, 7) is -0.0864. The van der Waals surface area contributed by atoms with E-state index in [0.717, 1.165) is 18.2 Å². The van der Waals surface area contributed by atoms with E-state index in [1.54, 1.807) is 0 Å². The molecule has 0 aliphatic heterocycles. The molecule has 1 aromatic carbocycles.